The Hall–Kier alpha value is -1.11. The predicted octanol–water partition coefficient (Wildman–Crippen LogP) is 2.16. The van der Waals surface area contributed by atoms with Crippen molar-refractivity contribution in [1.82, 2.24) is 4.72 Å². The first-order valence-corrected chi connectivity index (χ1v) is 8.83. The van der Waals surface area contributed by atoms with Crippen LogP contribution < -0.4 is 15.8 Å². The van der Waals surface area contributed by atoms with Gasteiger partial charge in [-0.2, -0.15) is 0 Å². The van der Waals surface area contributed by atoms with Gasteiger partial charge in [0.05, 0.1) is 4.90 Å². The standard InChI is InChI=1S/C15H27N3O2S/c1-11(2)15(9-10-16)17-13-5-7-14(8-6-13)21(19,20)18-12(3)4/h5-8,11-12,15,17-18H,9-10,16H2,1-4H3. The second-order valence-electron chi connectivity index (χ2n) is 5.87. The van der Waals surface area contributed by atoms with Gasteiger partial charge in [-0.15, -0.1) is 0 Å². The lowest BCUT2D eigenvalue weighted by atomic mass is 10.0. The van der Waals surface area contributed by atoms with Gasteiger partial charge in [-0.3, -0.25) is 0 Å². The van der Waals surface area contributed by atoms with E-state index in [-0.39, 0.29) is 17.0 Å². The van der Waals surface area contributed by atoms with Crippen LogP contribution in [0.4, 0.5) is 5.69 Å². The molecule has 0 bridgehead atoms. The molecule has 1 rings (SSSR count). The van der Waals surface area contributed by atoms with Crippen molar-refractivity contribution in [2.45, 2.75) is 51.1 Å². The third-order valence-corrected chi connectivity index (χ3v) is 4.86. The Balaban J connectivity index is 2.83. The zero-order chi connectivity index (χ0) is 16.0. The normalized spacial score (nSPS) is 13.7. The van der Waals surface area contributed by atoms with E-state index in [0.717, 1.165) is 12.1 Å². The summed E-state index contributed by atoms with van der Waals surface area (Å²) in [6, 6.07) is 6.98. The molecular formula is C15H27N3O2S. The second-order valence-corrected chi connectivity index (χ2v) is 7.59. The molecule has 0 amide bonds. The summed E-state index contributed by atoms with van der Waals surface area (Å²) in [5, 5.41) is 3.40. The Bertz CT molecular complexity index is 524. The van der Waals surface area contributed by atoms with Gasteiger partial charge in [-0.1, -0.05) is 13.8 Å². The summed E-state index contributed by atoms with van der Waals surface area (Å²) in [6.07, 6.45) is 0.882. The Kier molecular flexibility index (Phi) is 6.64. The van der Waals surface area contributed by atoms with Gasteiger partial charge in [0.25, 0.3) is 0 Å². The van der Waals surface area contributed by atoms with Gasteiger partial charge in [-0.05, 0) is 57.0 Å². The van der Waals surface area contributed by atoms with E-state index in [4.69, 9.17) is 5.73 Å². The number of rotatable bonds is 8. The van der Waals surface area contributed by atoms with Crippen LogP contribution in [-0.4, -0.2) is 27.0 Å². The maximum absolute atomic E-state index is 12.0. The molecule has 0 heterocycles. The van der Waals surface area contributed by atoms with Gasteiger partial charge in [0, 0.05) is 17.8 Å². The van der Waals surface area contributed by atoms with Crippen LogP contribution in [0.2, 0.25) is 0 Å². The summed E-state index contributed by atoms with van der Waals surface area (Å²) in [5.41, 5.74) is 6.53. The van der Waals surface area contributed by atoms with E-state index >= 15 is 0 Å². The molecule has 5 nitrogen and oxygen atoms in total. The molecule has 6 heteroatoms. The van der Waals surface area contributed by atoms with Crippen molar-refractivity contribution in [2.75, 3.05) is 11.9 Å². The SMILES string of the molecule is CC(C)NS(=O)(=O)c1ccc(NC(CCN)C(C)C)cc1. The Morgan fingerprint density at radius 1 is 1.10 bits per heavy atom. The molecule has 0 aromatic heterocycles. The van der Waals surface area contributed by atoms with Gasteiger partial charge in [-0.25, -0.2) is 13.1 Å². The van der Waals surface area contributed by atoms with Crippen molar-refractivity contribution < 1.29 is 8.42 Å². The lowest BCUT2D eigenvalue weighted by Gasteiger charge is -2.23. The van der Waals surface area contributed by atoms with E-state index in [1.54, 1.807) is 38.1 Å². The number of hydrogen-bond acceptors (Lipinski definition) is 4. The van der Waals surface area contributed by atoms with E-state index in [0.29, 0.717) is 12.5 Å². The van der Waals surface area contributed by atoms with Crippen molar-refractivity contribution in [3.05, 3.63) is 24.3 Å². The molecule has 21 heavy (non-hydrogen) atoms. The maximum atomic E-state index is 12.0. The molecule has 0 spiro atoms. The van der Waals surface area contributed by atoms with Crippen LogP contribution in [0, 0.1) is 5.92 Å². The predicted molar refractivity (Wildman–Crippen MR) is 87.8 cm³/mol. The number of benzene rings is 1. The third-order valence-electron chi connectivity index (χ3n) is 3.19. The van der Waals surface area contributed by atoms with Crippen molar-refractivity contribution in [1.29, 1.82) is 0 Å². The Morgan fingerprint density at radius 3 is 2.10 bits per heavy atom. The number of anilines is 1. The average Bonchev–Trinajstić information content (AvgIpc) is 2.37. The van der Waals surface area contributed by atoms with Crippen LogP contribution in [0.25, 0.3) is 0 Å². The van der Waals surface area contributed by atoms with Crippen LogP contribution in [-0.2, 0) is 10.0 Å². The minimum absolute atomic E-state index is 0.123. The molecule has 0 saturated carbocycles. The van der Waals surface area contributed by atoms with Crippen molar-refractivity contribution in [3.8, 4) is 0 Å². The number of hydrogen-bond donors (Lipinski definition) is 3. The summed E-state index contributed by atoms with van der Waals surface area (Å²) >= 11 is 0. The van der Waals surface area contributed by atoms with E-state index in [2.05, 4.69) is 23.9 Å². The van der Waals surface area contributed by atoms with Gasteiger partial charge >= 0.3 is 0 Å². The van der Waals surface area contributed by atoms with E-state index in [1.165, 1.54) is 0 Å². The molecule has 0 saturated heterocycles. The van der Waals surface area contributed by atoms with Crippen LogP contribution in [0.3, 0.4) is 0 Å². The summed E-state index contributed by atoms with van der Waals surface area (Å²) in [6.45, 7) is 8.50. The van der Waals surface area contributed by atoms with Gasteiger partial charge < -0.3 is 11.1 Å². The highest BCUT2D eigenvalue weighted by atomic mass is 32.2. The van der Waals surface area contributed by atoms with E-state index in [9.17, 15) is 8.42 Å². The van der Waals surface area contributed by atoms with Crippen molar-refractivity contribution in [3.63, 3.8) is 0 Å². The highest BCUT2D eigenvalue weighted by Crippen LogP contribution is 2.18. The van der Waals surface area contributed by atoms with Crippen LogP contribution >= 0.6 is 0 Å². The monoisotopic (exact) mass is 313 g/mol. The Labute approximate surface area is 128 Å². The first-order valence-electron chi connectivity index (χ1n) is 7.35. The van der Waals surface area contributed by atoms with Crippen LogP contribution in [0.15, 0.2) is 29.2 Å². The fourth-order valence-electron chi connectivity index (χ4n) is 2.07. The molecule has 4 N–H and O–H groups in total. The van der Waals surface area contributed by atoms with Gasteiger partial charge in [0.2, 0.25) is 10.0 Å². The minimum atomic E-state index is -3.43. The highest BCUT2D eigenvalue weighted by molar-refractivity contribution is 7.89. The fourth-order valence-corrected chi connectivity index (χ4v) is 3.33. The number of nitrogens with one attached hydrogen (secondary N) is 2. The molecule has 0 aliphatic heterocycles. The quantitative estimate of drug-likeness (QED) is 0.686. The molecule has 1 unspecified atom stereocenters. The van der Waals surface area contributed by atoms with Crippen molar-refractivity contribution in [2.24, 2.45) is 11.7 Å². The minimum Gasteiger partial charge on any atom is -0.382 e. The summed E-state index contributed by atoms with van der Waals surface area (Å²) in [5.74, 6) is 0.458. The molecule has 1 aromatic carbocycles. The second kappa shape index (κ2) is 7.77. The maximum Gasteiger partial charge on any atom is 0.240 e. The van der Waals surface area contributed by atoms with Crippen LogP contribution in [0.1, 0.15) is 34.1 Å². The number of nitrogens with two attached hydrogens (primary N) is 1. The molecule has 1 aromatic rings. The summed E-state index contributed by atoms with van der Waals surface area (Å²) in [4.78, 5) is 0.279. The molecule has 0 fully saturated rings. The largest absolute Gasteiger partial charge is 0.382 e. The molecular weight excluding hydrogens is 286 g/mol. The van der Waals surface area contributed by atoms with Gasteiger partial charge in [0.15, 0.2) is 0 Å². The Morgan fingerprint density at radius 2 is 1.67 bits per heavy atom. The first kappa shape index (κ1) is 17.9. The van der Waals surface area contributed by atoms with E-state index < -0.39 is 10.0 Å². The molecule has 1 atom stereocenters. The topological polar surface area (TPSA) is 84.2 Å². The smallest absolute Gasteiger partial charge is 0.240 e. The number of sulfonamides is 1. The first-order chi connectivity index (χ1) is 9.76. The van der Waals surface area contributed by atoms with Gasteiger partial charge in [0.1, 0.15) is 0 Å². The highest BCUT2D eigenvalue weighted by Gasteiger charge is 2.16. The summed E-state index contributed by atoms with van der Waals surface area (Å²) in [7, 11) is -3.43. The molecule has 0 aliphatic rings. The summed E-state index contributed by atoms with van der Waals surface area (Å²) < 4.78 is 26.6. The van der Waals surface area contributed by atoms with Crippen LogP contribution in [0.5, 0.6) is 0 Å². The fraction of sp³-hybridized carbons (Fsp3) is 0.600. The van der Waals surface area contributed by atoms with E-state index in [1.807, 2.05) is 0 Å². The van der Waals surface area contributed by atoms with Crippen molar-refractivity contribution >= 4 is 15.7 Å². The lowest BCUT2D eigenvalue weighted by Crippen LogP contribution is -2.30. The molecule has 120 valence electrons. The molecule has 0 aliphatic carbocycles. The molecule has 0 radical (unpaired) electrons. The third kappa shape index (κ3) is 5.65. The lowest BCUT2D eigenvalue weighted by molar-refractivity contribution is 0.499. The average molecular weight is 313 g/mol. The zero-order valence-corrected chi connectivity index (χ0v) is 14.1. The zero-order valence-electron chi connectivity index (χ0n) is 13.3.